The molecule has 2 N–H and O–H groups in total. The van der Waals surface area contributed by atoms with Crippen molar-refractivity contribution in [3.63, 3.8) is 0 Å². The van der Waals surface area contributed by atoms with Gasteiger partial charge in [0.05, 0.1) is 24.4 Å². The number of hydrogen-bond donors (Lipinski definition) is 2. The van der Waals surface area contributed by atoms with Crippen LogP contribution in [0.1, 0.15) is 18.7 Å². The van der Waals surface area contributed by atoms with Gasteiger partial charge in [0.1, 0.15) is 11.6 Å². The Hall–Kier alpha value is -2.46. The molecule has 10 heteroatoms. The number of fused-ring (bicyclic) bond motifs is 3. The van der Waals surface area contributed by atoms with Crippen LogP contribution in [0.2, 0.25) is 0 Å². The monoisotopic (exact) mass is 378 g/mol. The third-order valence-corrected chi connectivity index (χ3v) is 4.68. The van der Waals surface area contributed by atoms with Crippen molar-refractivity contribution >= 4 is 32.5 Å². The zero-order valence-electron chi connectivity index (χ0n) is 15.0. The van der Waals surface area contributed by atoms with Crippen molar-refractivity contribution < 1.29 is 13.2 Å². The molecule has 0 spiro atoms. The van der Waals surface area contributed by atoms with E-state index in [0.29, 0.717) is 24.6 Å². The fraction of sp³-hybridized carbons (Fsp3) is 0.438. The molecule has 1 aromatic carbocycles. The Labute approximate surface area is 151 Å². The second-order valence-electron chi connectivity index (χ2n) is 6.02. The first-order valence-electron chi connectivity index (χ1n) is 8.27. The number of nitrogens with one attached hydrogen (secondary N) is 2. The number of hydrogen-bond acceptors (Lipinski definition) is 7. The summed E-state index contributed by atoms with van der Waals surface area (Å²) in [6.45, 7) is 2.96. The molecule has 0 aliphatic rings. The van der Waals surface area contributed by atoms with Crippen molar-refractivity contribution in [3.05, 3.63) is 24.0 Å². The number of unbranched alkanes of at least 4 members (excludes halogenated alkanes) is 1. The average Bonchev–Trinajstić information content (AvgIpc) is 2.98. The Morgan fingerprint density at radius 1 is 1.19 bits per heavy atom. The van der Waals surface area contributed by atoms with E-state index in [-0.39, 0.29) is 0 Å². The molecule has 26 heavy (non-hydrogen) atoms. The van der Waals surface area contributed by atoms with E-state index < -0.39 is 10.0 Å². The van der Waals surface area contributed by atoms with Gasteiger partial charge in [-0.3, -0.25) is 4.40 Å². The highest BCUT2D eigenvalue weighted by Crippen LogP contribution is 2.24. The minimum absolute atomic E-state index is 0.419. The normalized spacial score (nSPS) is 12.0. The van der Waals surface area contributed by atoms with Gasteiger partial charge in [0, 0.05) is 19.2 Å². The molecule has 0 saturated heterocycles. The molecule has 140 valence electrons. The summed E-state index contributed by atoms with van der Waals surface area (Å²) in [5.41, 5.74) is 2.35. The predicted octanol–water partition coefficient (Wildman–Crippen LogP) is 1.34. The first-order chi connectivity index (χ1) is 12.4. The van der Waals surface area contributed by atoms with Crippen LogP contribution in [-0.4, -0.2) is 54.5 Å². The molecule has 0 unspecified atom stereocenters. The molecule has 3 aromatic rings. The number of nitrogens with zero attached hydrogens (tertiary/aromatic N) is 4. The summed E-state index contributed by atoms with van der Waals surface area (Å²) in [6, 6.07) is 5.69. The lowest BCUT2D eigenvalue weighted by Crippen LogP contribution is -2.23. The molecule has 0 fully saturated rings. The molecule has 9 nitrogen and oxygen atoms in total. The third kappa shape index (κ3) is 4.02. The zero-order chi connectivity index (χ0) is 18.7. The van der Waals surface area contributed by atoms with Gasteiger partial charge < -0.3 is 10.1 Å². The van der Waals surface area contributed by atoms with Crippen LogP contribution in [-0.2, 0) is 10.0 Å². The number of sulfonamides is 1. The van der Waals surface area contributed by atoms with Crippen LogP contribution in [0.4, 0.5) is 5.82 Å². The molecule has 0 bridgehead atoms. The largest absolute Gasteiger partial charge is 0.497 e. The zero-order valence-corrected chi connectivity index (χ0v) is 15.8. The van der Waals surface area contributed by atoms with E-state index in [1.165, 1.54) is 0 Å². The van der Waals surface area contributed by atoms with Crippen molar-refractivity contribution in [2.45, 2.75) is 19.8 Å². The molecule has 2 heterocycles. The second kappa shape index (κ2) is 7.42. The maximum atomic E-state index is 11.0. The van der Waals surface area contributed by atoms with Crippen molar-refractivity contribution in [2.24, 2.45) is 0 Å². The van der Waals surface area contributed by atoms with E-state index in [2.05, 4.69) is 25.2 Å². The minimum Gasteiger partial charge on any atom is -0.497 e. The van der Waals surface area contributed by atoms with Gasteiger partial charge in [0.15, 0.2) is 5.82 Å². The Balaban J connectivity index is 1.78. The molecular weight excluding hydrogens is 356 g/mol. The van der Waals surface area contributed by atoms with Crippen LogP contribution in [0, 0.1) is 6.92 Å². The molecule has 0 aliphatic heterocycles. The van der Waals surface area contributed by atoms with Gasteiger partial charge in [-0.15, -0.1) is 10.2 Å². The lowest BCUT2D eigenvalue weighted by Gasteiger charge is -2.10. The summed E-state index contributed by atoms with van der Waals surface area (Å²) in [6.07, 6.45) is 2.67. The van der Waals surface area contributed by atoms with Gasteiger partial charge in [-0.25, -0.2) is 18.1 Å². The van der Waals surface area contributed by atoms with Gasteiger partial charge >= 0.3 is 0 Å². The topological polar surface area (TPSA) is 111 Å². The highest BCUT2D eigenvalue weighted by atomic mass is 32.2. The van der Waals surface area contributed by atoms with Gasteiger partial charge in [-0.05, 0) is 31.9 Å². The number of rotatable bonds is 8. The first kappa shape index (κ1) is 18.3. The van der Waals surface area contributed by atoms with Crippen molar-refractivity contribution in [1.82, 2.24) is 24.3 Å². The number of aryl methyl sites for hydroxylation is 1. The van der Waals surface area contributed by atoms with Crippen LogP contribution in [0.5, 0.6) is 5.75 Å². The summed E-state index contributed by atoms with van der Waals surface area (Å²) < 4.78 is 31.8. The van der Waals surface area contributed by atoms with Crippen LogP contribution < -0.4 is 14.8 Å². The molecular formula is C16H22N6O3S. The molecule has 3 rings (SSSR count). The van der Waals surface area contributed by atoms with Crippen LogP contribution >= 0.6 is 0 Å². The summed E-state index contributed by atoms with van der Waals surface area (Å²) in [5.74, 6) is 2.15. The average molecular weight is 378 g/mol. The standard InChI is InChI=1S/C16H22N6O3S/c1-11-20-21-16-15(17-8-4-5-9-18-26(3,23)24)19-13-10-12(25-2)6-7-14(13)22(11)16/h6-7,10,18H,4-5,8-9H2,1-3H3,(H,17,19). The first-order valence-corrected chi connectivity index (χ1v) is 10.2. The highest BCUT2D eigenvalue weighted by Gasteiger charge is 2.13. The molecule has 0 saturated carbocycles. The van der Waals surface area contributed by atoms with E-state index in [1.54, 1.807) is 7.11 Å². The molecule has 0 amide bonds. The number of methoxy groups -OCH3 is 1. The summed E-state index contributed by atoms with van der Waals surface area (Å²) in [4.78, 5) is 4.66. The Morgan fingerprint density at radius 2 is 1.96 bits per heavy atom. The van der Waals surface area contributed by atoms with Crippen LogP contribution in [0.15, 0.2) is 18.2 Å². The van der Waals surface area contributed by atoms with Gasteiger partial charge in [0.25, 0.3) is 0 Å². The van der Waals surface area contributed by atoms with Crippen molar-refractivity contribution in [1.29, 1.82) is 0 Å². The van der Waals surface area contributed by atoms with E-state index >= 15 is 0 Å². The predicted molar refractivity (Wildman–Crippen MR) is 100 cm³/mol. The second-order valence-corrected chi connectivity index (χ2v) is 7.85. The molecule has 0 atom stereocenters. The number of anilines is 1. The van der Waals surface area contributed by atoms with E-state index in [1.807, 2.05) is 29.5 Å². The lowest BCUT2D eigenvalue weighted by atomic mass is 10.2. The summed E-state index contributed by atoms with van der Waals surface area (Å²) in [5, 5.41) is 11.7. The fourth-order valence-electron chi connectivity index (χ4n) is 2.72. The summed E-state index contributed by atoms with van der Waals surface area (Å²) >= 11 is 0. The van der Waals surface area contributed by atoms with Crippen molar-refractivity contribution in [2.75, 3.05) is 31.8 Å². The number of ether oxygens (including phenoxy) is 1. The molecule has 2 aromatic heterocycles. The Kier molecular flexibility index (Phi) is 5.23. The van der Waals surface area contributed by atoms with Crippen molar-refractivity contribution in [3.8, 4) is 5.75 Å². The Bertz CT molecular complexity index is 1030. The SMILES string of the molecule is COc1ccc2c(c1)nc(NCCCCNS(C)(=O)=O)c1nnc(C)n12. The van der Waals surface area contributed by atoms with Crippen LogP contribution in [0.3, 0.4) is 0 Å². The Morgan fingerprint density at radius 3 is 2.69 bits per heavy atom. The smallest absolute Gasteiger partial charge is 0.208 e. The quantitative estimate of drug-likeness (QED) is 0.569. The van der Waals surface area contributed by atoms with Gasteiger partial charge in [0.2, 0.25) is 15.7 Å². The van der Waals surface area contributed by atoms with Crippen LogP contribution in [0.25, 0.3) is 16.7 Å². The third-order valence-electron chi connectivity index (χ3n) is 3.95. The molecule has 0 aliphatic carbocycles. The number of benzene rings is 1. The van der Waals surface area contributed by atoms with E-state index in [0.717, 1.165) is 41.7 Å². The minimum atomic E-state index is -3.14. The van der Waals surface area contributed by atoms with Gasteiger partial charge in [-0.1, -0.05) is 0 Å². The molecule has 0 radical (unpaired) electrons. The maximum absolute atomic E-state index is 11.0. The van der Waals surface area contributed by atoms with E-state index in [4.69, 9.17) is 4.74 Å². The summed E-state index contributed by atoms with van der Waals surface area (Å²) in [7, 11) is -1.52. The van der Waals surface area contributed by atoms with Gasteiger partial charge in [-0.2, -0.15) is 0 Å². The maximum Gasteiger partial charge on any atom is 0.208 e. The number of aromatic nitrogens is 4. The fourth-order valence-corrected chi connectivity index (χ4v) is 3.23. The highest BCUT2D eigenvalue weighted by molar-refractivity contribution is 7.88. The van der Waals surface area contributed by atoms with E-state index in [9.17, 15) is 8.42 Å². The lowest BCUT2D eigenvalue weighted by molar-refractivity contribution is 0.415.